The van der Waals surface area contributed by atoms with Crippen LogP contribution in [-0.2, 0) is 18.5 Å². The van der Waals surface area contributed by atoms with Crippen molar-refractivity contribution in [3.05, 3.63) is 64.7 Å². The van der Waals surface area contributed by atoms with E-state index >= 15 is 0 Å². The van der Waals surface area contributed by atoms with Crippen molar-refractivity contribution in [1.82, 2.24) is 0 Å². The molecular formula is C16H15F3OS. The number of alkyl halides is 3. The van der Waals surface area contributed by atoms with Crippen LogP contribution in [0.4, 0.5) is 13.2 Å². The summed E-state index contributed by atoms with van der Waals surface area (Å²) in [5.41, 5.74) is 1.33. The molecule has 2 aromatic rings. The summed E-state index contributed by atoms with van der Waals surface area (Å²) in [4.78, 5) is 0.543. The Morgan fingerprint density at radius 2 is 1.86 bits per heavy atom. The maximum absolute atomic E-state index is 12.9. The highest BCUT2D eigenvalue weighted by Gasteiger charge is 2.33. The number of benzene rings is 2. The molecule has 0 saturated carbocycles. The third-order valence-corrected chi connectivity index (χ3v) is 4.11. The number of hydrogen-bond donors (Lipinski definition) is 1. The Balaban J connectivity index is 2.18. The second kappa shape index (κ2) is 6.54. The Labute approximate surface area is 125 Å². The molecule has 2 aromatic carbocycles. The SMILES string of the molecule is Cc1cccc(CSc2ccc(CO)c(C(F)(F)F)c2)c1. The van der Waals surface area contributed by atoms with Crippen molar-refractivity contribution in [1.29, 1.82) is 0 Å². The van der Waals surface area contributed by atoms with Crippen LogP contribution in [0, 0.1) is 6.92 Å². The average molecular weight is 312 g/mol. The molecule has 0 amide bonds. The number of aryl methyl sites for hydroxylation is 1. The second-order valence-electron chi connectivity index (χ2n) is 4.75. The first-order valence-corrected chi connectivity index (χ1v) is 7.38. The quantitative estimate of drug-likeness (QED) is 0.818. The summed E-state index contributed by atoms with van der Waals surface area (Å²) >= 11 is 1.35. The van der Waals surface area contributed by atoms with Crippen LogP contribution in [0.25, 0.3) is 0 Å². The molecule has 0 bridgehead atoms. The molecule has 5 heteroatoms. The molecule has 0 atom stereocenters. The summed E-state index contributed by atoms with van der Waals surface area (Å²) in [7, 11) is 0. The van der Waals surface area contributed by atoms with Gasteiger partial charge in [0.05, 0.1) is 12.2 Å². The van der Waals surface area contributed by atoms with Crippen molar-refractivity contribution in [2.45, 2.75) is 30.4 Å². The lowest BCUT2D eigenvalue weighted by Crippen LogP contribution is -2.09. The highest BCUT2D eigenvalue weighted by molar-refractivity contribution is 7.98. The molecule has 21 heavy (non-hydrogen) atoms. The lowest BCUT2D eigenvalue weighted by Gasteiger charge is -2.13. The molecule has 0 aliphatic rings. The van der Waals surface area contributed by atoms with E-state index in [0.29, 0.717) is 10.6 Å². The van der Waals surface area contributed by atoms with Crippen molar-refractivity contribution >= 4 is 11.8 Å². The molecule has 0 radical (unpaired) electrons. The van der Waals surface area contributed by atoms with E-state index in [1.807, 2.05) is 31.2 Å². The maximum Gasteiger partial charge on any atom is 0.416 e. The summed E-state index contributed by atoms with van der Waals surface area (Å²) in [5.74, 6) is 0.609. The minimum atomic E-state index is -4.45. The molecule has 1 nitrogen and oxygen atoms in total. The minimum Gasteiger partial charge on any atom is -0.392 e. The van der Waals surface area contributed by atoms with E-state index in [2.05, 4.69) is 0 Å². The molecule has 2 rings (SSSR count). The van der Waals surface area contributed by atoms with E-state index in [4.69, 9.17) is 5.11 Å². The summed E-state index contributed by atoms with van der Waals surface area (Å²) < 4.78 is 38.7. The van der Waals surface area contributed by atoms with E-state index in [1.54, 1.807) is 6.07 Å². The zero-order valence-corrected chi connectivity index (χ0v) is 12.3. The topological polar surface area (TPSA) is 20.2 Å². The van der Waals surface area contributed by atoms with Crippen LogP contribution in [0.15, 0.2) is 47.4 Å². The fourth-order valence-corrected chi connectivity index (χ4v) is 2.89. The van der Waals surface area contributed by atoms with Gasteiger partial charge in [-0.15, -0.1) is 11.8 Å². The molecule has 0 fully saturated rings. The number of rotatable bonds is 4. The lowest BCUT2D eigenvalue weighted by atomic mass is 10.1. The first kappa shape index (κ1) is 15.9. The van der Waals surface area contributed by atoms with Crippen LogP contribution in [0.1, 0.15) is 22.3 Å². The normalized spacial score (nSPS) is 11.7. The smallest absolute Gasteiger partial charge is 0.392 e. The number of aliphatic hydroxyl groups excluding tert-OH is 1. The van der Waals surface area contributed by atoms with Gasteiger partial charge in [-0.2, -0.15) is 13.2 Å². The number of aliphatic hydroxyl groups is 1. The van der Waals surface area contributed by atoms with Gasteiger partial charge in [-0.1, -0.05) is 35.9 Å². The Morgan fingerprint density at radius 1 is 1.10 bits per heavy atom. The number of halogens is 3. The number of thioether (sulfide) groups is 1. The minimum absolute atomic E-state index is 0.0950. The van der Waals surface area contributed by atoms with E-state index in [-0.39, 0.29) is 5.56 Å². The molecule has 0 unspecified atom stereocenters. The van der Waals surface area contributed by atoms with Gasteiger partial charge in [0.25, 0.3) is 0 Å². The predicted octanol–water partition coefficient (Wildman–Crippen LogP) is 4.80. The average Bonchev–Trinajstić information content (AvgIpc) is 2.44. The van der Waals surface area contributed by atoms with Gasteiger partial charge in [0.1, 0.15) is 0 Å². The second-order valence-corrected chi connectivity index (χ2v) is 5.80. The molecule has 0 spiro atoms. The van der Waals surface area contributed by atoms with Crippen LogP contribution in [0.5, 0.6) is 0 Å². The van der Waals surface area contributed by atoms with Gasteiger partial charge < -0.3 is 5.11 Å². The molecular weight excluding hydrogens is 297 g/mol. The van der Waals surface area contributed by atoms with E-state index in [0.717, 1.165) is 17.2 Å². The van der Waals surface area contributed by atoms with Crippen LogP contribution < -0.4 is 0 Å². The molecule has 0 aromatic heterocycles. The van der Waals surface area contributed by atoms with E-state index in [9.17, 15) is 13.2 Å². The molecule has 0 heterocycles. The molecule has 0 aliphatic carbocycles. The van der Waals surface area contributed by atoms with E-state index in [1.165, 1.54) is 17.8 Å². The fraction of sp³-hybridized carbons (Fsp3) is 0.250. The van der Waals surface area contributed by atoms with E-state index < -0.39 is 18.3 Å². The molecule has 0 aliphatic heterocycles. The third-order valence-electron chi connectivity index (χ3n) is 3.05. The van der Waals surface area contributed by atoms with Gasteiger partial charge in [0, 0.05) is 10.6 Å². The van der Waals surface area contributed by atoms with Gasteiger partial charge in [-0.3, -0.25) is 0 Å². The largest absolute Gasteiger partial charge is 0.416 e. The molecule has 1 N–H and O–H groups in total. The summed E-state index contributed by atoms with van der Waals surface area (Å²) in [6, 6.07) is 11.9. The predicted molar refractivity (Wildman–Crippen MR) is 78.1 cm³/mol. The zero-order valence-electron chi connectivity index (χ0n) is 11.4. The highest BCUT2D eigenvalue weighted by Crippen LogP contribution is 2.35. The Kier molecular flexibility index (Phi) is 4.96. The van der Waals surface area contributed by atoms with Gasteiger partial charge in [-0.05, 0) is 30.2 Å². The lowest BCUT2D eigenvalue weighted by molar-refractivity contribution is -0.138. The van der Waals surface area contributed by atoms with Crippen LogP contribution >= 0.6 is 11.8 Å². The van der Waals surface area contributed by atoms with Crippen molar-refractivity contribution in [2.75, 3.05) is 0 Å². The highest BCUT2D eigenvalue weighted by atomic mass is 32.2. The Bertz CT molecular complexity index is 623. The monoisotopic (exact) mass is 312 g/mol. The van der Waals surface area contributed by atoms with Crippen molar-refractivity contribution < 1.29 is 18.3 Å². The van der Waals surface area contributed by atoms with Gasteiger partial charge in [0.2, 0.25) is 0 Å². The van der Waals surface area contributed by atoms with Crippen LogP contribution in [-0.4, -0.2) is 5.11 Å². The Hall–Kier alpha value is -1.46. The fourth-order valence-electron chi connectivity index (χ4n) is 2.02. The van der Waals surface area contributed by atoms with Crippen LogP contribution in [0.3, 0.4) is 0 Å². The van der Waals surface area contributed by atoms with Gasteiger partial charge in [-0.25, -0.2) is 0 Å². The van der Waals surface area contributed by atoms with Crippen molar-refractivity contribution in [3.63, 3.8) is 0 Å². The standard InChI is InChI=1S/C16H15F3OS/c1-11-3-2-4-12(7-11)10-21-14-6-5-13(9-20)15(8-14)16(17,18)19/h2-8,20H,9-10H2,1H3. The maximum atomic E-state index is 12.9. The molecule has 0 saturated heterocycles. The van der Waals surface area contributed by atoms with Gasteiger partial charge in [0.15, 0.2) is 0 Å². The zero-order chi connectivity index (χ0) is 15.5. The number of hydrogen-bond acceptors (Lipinski definition) is 2. The summed E-state index contributed by atoms with van der Waals surface area (Å²) in [6.07, 6.45) is -4.45. The third kappa shape index (κ3) is 4.25. The van der Waals surface area contributed by atoms with Crippen molar-refractivity contribution in [3.8, 4) is 0 Å². The first-order valence-electron chi connectivity index (χ1n) is 6.39. The molecule has 112 valence electrons. The van der Waals surface area contributed by atoms with Crippen LogP contribution in [0.2, 0.25) is 0 Å². The Morgan fingerprint density at radius 3 is 2.48 bits per heavy atom. The van der Waals surface area contributed by atoms with Gasteiger partial charge >= 0.3 is 6.18 Å². The summed E-state index contributed by atoms with van der Waals surface area (Å²) in [6.45, 7) is 1.36. The van der Waals surface area contributed by atoms with Crippen molar-refractivity contribution in [2.24, 2.45) is 0 Å². The first-order chi connectivity index (χ1) is 9.90. The summed E-state index contributed by atoms with van der Waals surface area (Å²) in [5, 5.41) is 9.00.